The van der Waals surface area contributed by atoms with Crippen molar-refractivity contribution in [2.24, 2.45) is 5.92 Å². The Morgan fingerprint density at radius 3 is 1.89 bits per heavy atom. The molecular weight excluding hydrogens is 264 g/mol. The standard InChI is InChI=1S/C13H28N2O3S/c1-6-8-14(9-7-2)13(16)11-15(10-12(3)4)19(5,17)18/h12H,6-11H2,1-5H3. The van der Waals surface area contributed by atoms with Gasteiger partial charge >= 0.3 is 0 Å². The van der Waals surface area contributed by atoms with Crippen LogP contribution < -0.4 is 0 Å². The number of rotatable bonds is 9. The zero-order valence-corrected chi connectivity index (χ0v) is 13.7. The molecule has 0 bridgehead atoms. The first-order valence-corrected chi connectivity index (χ1v) is 8.80. The van der Waals surface area contributed by atoms with Crippen LogP contribution in [0.2, 0.25) is 0 Å². The van der Waals surface area contributed by atoms with Gasteiger partial charge in [-0.2, -0.15) is 4.31 Å². The fourth-order valence-electron chi connectivity index (χ4n) is 1.88. The Balaban J connectivity index is 4.77. The molecule has 114 valence electrons. The van der Waals surface area contributed by atoms with Crippen LogP contribution >= 0.6 is 0 Å². The molecule has 0 spiro atoms. The van der Waals surface area contributed by atoms with Crippen LogP contribution in [0.4, 0.5) is 0 Å². The van der Waals surface area contributed by atoms with Gasteiger partial charge in [-0.05, 0) is 18.8 Å². The van der Waals surface area contributed by atoms with E-state index in [9.17, 15) is 13.2 Å². The van der Waals surface area contributed by atoms with Gasteiger partial charge in [0.2, 0.25) is 15.9 Å². The summed E-state index contributed by atoms with van der Waals surface area (Å²) in [5.74, 6) is 0.100. The topological polar surface area (TPSA) is 57.7 Å². The summed E-state index contributed by atoms with van der Waals surface area (Å²) in [6.07, 6.45) is 2.93. The lowest BCUT2D eigenvalue weighted by Crippen LogP contribution is -2.44. The van der Waals surface area contributed by atoms with Crippen molar-refractivity contribution in [2.45, 2.75) is 40.5 Å². The van der Waals surface area contributed by atoms with Gasteiger partial charge in [0.1, 0.15) is 0 Å². The van der Waals surface area contributed by atoms with Crippen molar-refractivity contribution in [3.05, 3.63) is 0 Å². The van der Waals surface area contributed by atoms with Gasteiger partial charge in [0.15, 0.2) is 0 Å². The molecule has 0 heterocycles. The average molecular weight is 292 g/mol. The van der Waals surface area contributed by atoms with E-state index < -0.39 is 10.0 Å². The lowest BCUT2D eigenvalue weighted by atomic mass is 10.2. The summed E-state index contributed by atoms with van der Waals surface area (Å²) in [6.45, 7) is 9.62. The third kappa shape index (κ3) is 7.52. The Morgan fingerprint density at radius 2 is 1.58 bits per heavy atom. The minimum absolute atomic E-state index is 0.0446. The maximum Gasteiger partial charge on any atom is 0.237 e. The van der Waals surface area contributed by atoms with E-state index in [2.05, 4.69) is 0 Å². The summed E-state index contributed by atoms with van der Waals surface area (Å²) in [5, 5.41) is 0. The van der Waals surface area contributed by atoms with Crippen LogP contribution in [0.15, 0.2) is 0 Å². The van der Waals surface area contributed by atoms with E-state index in [1.165, 1.54) is 4.31 Å². The van der Waals surface area contributed by atoms with Gasteiger partial charge < -0.3 is 4.90 Å². The number of sulfonamides is 1. The highest BCUT2D eigenvalue weighted by atomic mass is 32.2. The molecule has 0 aliphatic rings. The lowest BCUT2D eigenvalue weighted by molar-refractivity contribution is -0.131. The van der Waals surface area contributed by atoms with Crippen molar-refractivity contribution < 1.29 is 13.2 Å². The van der Waals surface area contributed by atoms with Crippen molar-refractivity contribution in [2.75, 3.05) is 32.4 Å². The normalized spacial score (nSPS) is 12.2. The van der Waals surface area contributed by atoms with Crippen molar-refractivity contribution in [3.8, 4) is 0 Å². The van der Waals surface area contributed by atoms with E-state index >= 15 is 0 Å². The van der Waals surface area contributed by atoms with Crippen molar-refractivity contribution in [3.63, 3.8) is 0 Å². The largest absolute Gasteiger partial charge is 0.342 e. The monoisotopic (exact) mass is 292 g/mol. The van der Waals surface area contributed by atoms with Crippen LogP contribution in [0.5, 0.6) is 0 Å². The molecule has 0 aliphatic heterocycles. The second-order valence-corrected chi connectivity index (χ2v) is 7.31. The van der Waals surface area contributed by atoms with E-state index in [0.717, 1.165) is 19.1 Å². The number of carbonyl (C=O) groups excluding carboxylic acids is 1. The van der Waals surface area contributed by atoms with Gasteiger partial charge in [0.25, 0.3) is 0 Å². The second kappa shape index (κ2) is 8.53. The summed E-state index contributed by atoms with van der Waals surface area (Å²) >= 11 is 0. The van der Waals surface area contributed by atoms with Gasteiger partial charge in [-0.25, -0.2) is 8.42 Å². The van der Waals surface area contributed by atoms with Crippen molar-refractivity contribution in [1.82, 2.24) is 9.21 Å². The Labute approximate surface area is 118 Å². The Kier molecular flexibility index (Phi) is 8.25. The van der Waals surface area contributed by atoms with Gasteiger partial charge in [-0.3, -0.25) is 4.79 Å². The van der Waals surface area contributed by atoms with Crippen molar-refractivity contribution >= 4 is 15.9 Å². The predicted octanol–water partition coefficient (Wildman–Crippen LogP) is 1.55. The molecule has 0 aromatic heterocycles. The molecule has 0 unspecified atom stereocenters. The fourth-order valence-corrected chi connectivity index (χ4v) is 2.79. The quantitative estimate of drug-likeness (QED) is 0.648. The van der Waals surface area contributed by atoms with Crippen LogP contribution in [0.25, 0.3) is 0 Å². The molecule has 0 N–H and O–H groups in total. The molecule has 1 amide bonds. The number of hydrogen-bond donors (Lipinski definition) is 0. The van der Waals surface area contributed by atoms with E-state index in [4.69, 9.17) is 0 Å². The summed E-state index contributed by atoms with van der Waals surface area (Å²) in [5.41, 5.74) is 0. The molecule has 0 aromatic carbocycles. The number of carbonyl (C=O) groups is 1. The summed E-state index contributed by atoms with van der Waals surface area (Å²) in [7, 11) is -3.33. The summed E-state index contributed by atoms with van der Waals surface area (Å²) < 4.78 is 24.7. The Hall–Kier alpha value is -0.620. The van der Waals surface area contributed by atoms with Crippen molar-refractivity contribution in [1.29, 1.82) is 0 Å². The first kappa shape index (κ1) is 18.4. The van der Waals surface area contributed by atoms with Crippen LogP contribution in [0, 0.1) is 5.92 Å². The molecule has 0 saturated carbocycles. The van der Waals surface area contributed by atoms with Gasteiger partial charge in [0.05, 0.1) is 12.8 Å². The third-order valence-electron chi connectivity index (χ3n) is 2.69. The average Bonchev–Trinajstić information content (AvgIpc) is 2.26. The highest BCUT2D eigenvalue weighted by molar-refractivity contribution is 7.88. The molecule has 6 heteroatoms. The first-order chi connectivity index (χ1) is 8.72. The first-order valence-electron chi connectivity index (χ1n) is 6.95. The SMILES string of the molecule is CCCN(CCC)C(=O)CN(CC(C)C)S(C)(=O)=O. The maximum absolute atomic E-state index is 12.2. The predicted molar refractivity (Wildman–Crippen MR) is 78.4 cm³/mol. The molecule has 0 aromatic rings. The summed E-state index contributed by atoms with van der Waals surface area (Å²) in [4.78, 5) is 13.9. The lowest BCUT2D eigenvalue weighted by Gasteiger charge is -2.26. The zero-order chi connectivity index (χ0) is 15.1. The van der Waals surface area contributed by atoms with Gasteiger partial charge in [-0.1, -0.05) is 27.7 Å². The molecule has 0 atom stereocenters. The Morgan fingerprint density at radius 1 is 1.11 bits per heavy atom. The highest BCUT2D eigenvalue weighted by Gasteiger charge is 2.23. The molecule has 0 fully saturated rings. The maximum atomic E-state index is 12.2. The van der Waals surface area contributed by atoms with E-state index in [1.54, 1.807) is 4.90 Å². The van der Waals surface area contributed by atoms with Crippen LogP contribution in [-0.2, 0) is 14.8 Å². The minimum Gasteiger partial charge on any atom is -0.342 e. The minimum atomic E-state index is -3.33. The van der Waals surface area contributed by atoms with Crippen LogP contribution in [0.1, 0.15) is 40.5 Å². The number of hydrogen-bond acceptors (Lipinski definition) is 3. The van der Waals surface area contributed by atoms with E-state index in [0.29, 0.717) is 19.6 Å². The second-order valence-electron chi connectivity index (χ2n) is 5.33. The van der Waals surface area contributed by atoms with E-state index in [-0.39, 0.29) is 18.4 Å². The fraction of sp³-hybridized carbons (Fsp3) is 0.923. The number of amides is 1. The highest BCUT2D eigenvalue weighted by Crippen LogP contribution is 2.06. The molecule has 0 radical (unpaired) electrons. The van der Waals surface area contributed by atoms with E-state index in [1.807, 2.05) is 27.7 Å². The molecule has 5 nitrogen and oxygen atoms in total. The third-order valence-corrected chi connectivity index (χ3v) is 3.91. The van der Waals surface area contributed by atoms with Crippen LogP contribution in [-0.4, -0.2) is 56.0 Å². The molecule has 0 aliphatic carbocycles. The molecular formula is C13H28N2O3S. The smallest absolute Gasteiger partial charge is 0.237 e. The van der Waals surface area contributed by atoms with Crippen LogP contribution in [0.3, 0.4) is 0 Å². The molecule has 0 saturated heterocycles. The molecule has 0 rings (SSSR count). The van der Waals surface area contributed by atoms with Gasteiger partial charge in [0, 0.05) is 19.6 Å². The number of nitrogens with zero attached hydrogens (tertiary/aromatic N) is 2. The zero-order valence-electron chi connectivity index (χ0n) is 12.8. The molecule has 19 heavy (non-hydrogen) atoms. The Bertz CT molecular complexity index is 360. The summed E-state index contributed by atoms with van der Waals surface area (Å²) in [6, 6.07) is 0. The van der Waals surface area contributed by atoms with Gasteiger partial charge in [-0.15, -0.1) is 0 Å².